The molecule has 152 valence electrons. The van der Waals surface area contributed by atoms with E-state index in [-0.39, 0.29) is 24.3 Å². The first-order valence-electron chi connectivity index (χ1n) is 10.1. The molecule has 2 saturated heterocycles. The topological polar surface area (TPSA) is 49.9 Å². The number of hydrogen-bond acceptors (Lipinski definition) is 3. The van der Waals surface area contributed by atoms with Crippen molar-refractivity contribution < 1.29 is 14.3 Å². The summed E-state index contributed by atoms with van der Waals surface area (Å²) in [5.41, 5.74) is 2.08. The number of halogens is 1. The van der Waals surface area contributed by atoms with E-state index in [1.165, 1.54) is 0 Å². The van der Waals surface area contributed by atoms with Gasteiger partial charge in [-0.1, -0.05) is 54.1 Å². The van der Waals surface area contributed by atoms with E-state index in [9.17, 15) is 9.59 Å². The highest BCUT2D eigenvalue weighted by Crippen LogP contribution is 2.34. The molecule has 6 heteroatoms. The van der Waals surface area contributed by atoms with E-state index in [2.05, 4.69) is 6.07 Å². The fraction of sp³-hybridized carbons (Fsp3) is 0.391. The van der Waals surface area contributed by atoms with Gasteiger partial charge >= 0.3 is 0 Å². The molecule has 0 N–H and O–H groups in total. The number of ether oxygens (including phenoxy) is 1. The third kappa shape index (κ3) is 4.02. The Hall–Kier alpha value is -2.37. The third-order valence-electron chi connectivity index (χ3n) is 5.87. The molecule has 0 spiro atoms. The molecule has 29 heavy (non-hydrogen) atoms. The number of rotatable bonds is 4. The predicted molar refractivity (Wildman–Crippen MR) is 112 cm³/mol. The highest BCUT2D eigenvalue weighted by molar-refractivity contribution is 6.30. The first-order chi connectivity index (χ1) is 14.1. The minimum absolute atomic E-state index is 0.0469. The van der Waals surface area contributed by atoms with E-state index in [4.69, 9.17) is 16.3 Å². The lowest BCUT2D eigenvalue weighted by Crippen LogP contribution is -2.54. The van der Waals surface area contributed by atoms with Crippen LogP contribution in [0.3, 0.4) is 0 Å². The zero-order valence-corrected chi connectivity index (χ0v) is 17.2. The lowest BCUT2D eigenvalue weighted by atomic mass is 9.96. The lowest BCUT2D eigenvalue weighted by Gasteiger charge is -2.41. The number of morpholine rings is 1. The molecule has 3 atom stereocenters. The summed E-state index contributed by atoms with van der Waals surface area (Å²) in [4.78, 5) is 29.5. The van der Waals surface area contributed by atoms with E-state index < -0.39 is 12.1 Å². The van der Waals surface area contributed by atoms with E-state index in [1.54, 1.807) is 4.90 Å². The van der Waals surface area contributed by atoms with Crippen LogP contribution in [-0.2, 0) is 14.3 Å². The average molecular weight is 413 g/mol. The molecule has 2 aliphatic rings. The molecule has 0 aliphatic carbocycles. The maximum atomic E-state index is 13.4. The highest BCUT2D eigenvalue weighted by atomic mass is 35.5. The molecule has 0 bridgehead atoms. The van der Waals surface area contributed by atoms with E-state index in [0.717, 1.165) is 17.5 Å². The van der Waals surface area contributed by atoms with Crippen LogP contribution < -0.4 is 0 Å². The van der Waals surface area contributed by atoms with Gasteiger partial charge in [0.1, 0.15) is 6.61 Å². The fourth-order valence-electron chi connectivity index (χ4n) is 4.41. The van der Waals surface area contributed by atoms with Crippen molar-refractivity contribution in [1.29, 1.82) is 0 Å². The van der Waals surface area contributed by atoms with Crippen LogP contribution in [0.4, 0.5) is 0 Å². The van der Waals surface area contributed by atoms with Gasteiger partial charge in [-0.2, -0.15) is 0 Å². The van der Waals surface area contributed by atoms with Crippen LogP contribution in [0.2, 0.25) is 5.02 Å². The second kappa shape index (κ2) is 8.56. The molecule has 2 aromatic carbocycles. The molecular weight excluding hydrogens is 388 g/mol. The Labute approximate surface area is 176 Å². The maximum Gasteiger partial charge on any atom is 0.254 e. The van der Waals surface area contributed by atoms with Gasteiger partial charge < -0.3 is 14.5 Å². The number of amides is 2. The summed E-state index contributed by atoms with van der Waals surface area (Å²) in [6.07, 6.45) is 0.207. The minimum atomic E-state index is -0.687. The summed E-state index contributed by atoms with van der Waals surface area (Å²) in [6, 6.07) is 17.1. The molecule has 2 heterocycles. The average Bonchev–Trinajstić information content (AvgIpc) is 3.24. The molecule has 0 radical (unpaired) electrons. The molecule has 4 rings (SSSR count). The smallest absolute Gasteiger partial charge is 0.254 e. The quantitative estimate of drug-likeness (QED) is 0.770. The predicted octanol–water partition coefficient (Wildman–Crippen LogP) is 3.64. The summed E-state index contributed by atoms with van der Waals surface area (Å²) in [5, 5.41) is 0.712. The highest BCUT2D eigenvalue weighted by Gasteiger charge is 2.43. The van der Waals surface area contributed by atoms with Gasteiger partial charge in [-0.3, -0.25) is 9.59 Å². The van der Waals surface area contributed by atoms with Crippen molar-refractivity contribution in [3.63, 3.8) is 0 Å². The number of nitrogens with zero attached hydrogens (tertiary/aromatic N) is 2. The Bertz CT molecular complexity index is 889. The van der Waals surface area contributed by atoms with Crippen molar-refractivity contribution in [3.05, 3.63) is 70.7 Å². The largest absolute Gasteiger partial charge is 0.356 e. The molecule has 0 aromatic heterocycles. The van der Waals surface area contributed by atoms with Crippen molar-refractivity contribution in [2.24, 2.45) is 0 Å². The van der Waals surface area contributed by atoms with Crippen LogP contribution >= 0.6 is 11.6 Å². The van der Waals surface area contributed by atoms with E-state index in [1.807, 2.05) is 60.4 Å². The van der Waals surface area contributed by atoms with Gasteiger partial charge in [0.15, 0.2) is 6.10 Å². The SMILES string of the molecule is CCN1C(=O)CO[C@H](C(=O)N2CCC(c3cccc(Cl)c3)C2)[C@H]1c1ccccc1. The van der Waals surface area contributed by atoms with Gasteiger partial charge in [-0.15, -0.1) is 0 Å². The van der Waals surface area contributed by atoms with E-state index in [0.29, 0.717) is 24.7 Å². The molecule has 2 aliphatic heterocycles. The molecule has 1 unspecified atom stereocenters. The Kier molecular flexibility index (Phi) is 5.88. The zero-order valence-electron chi connectivity index (χ0n) is 16.5. The van der Waals surface area contributed by atoms with Crippen molar-refractivity contribution in [2.75, 3.05) is 26.2 Å². The van der Waals surface area contributed by atoms with Crippen LogP contribution in [0.15, 0.2) is 54.6 Å². The van der Waals surface area contributed by atoms with Gasteiger partial charge in [-0.05, 0) is 36.6 Å². The van der Waals surface area contributed by atoms with Crippen molar-refractivity contribution in [1.82, 2.24) is 9.80 Å². The van der Waals surface area contributed by atoms with E-state index >= 15 is 0 Å². The fourth-order valence-corrected chi connectivity index (χ4v) is 4.61. The summed E-state index contributed by atoms with van der Waals surface area (Å²) in [5.74, 6) is 0.137. The van der Waals surface area contributed by atoms with Crippen LogP contribution in [0.25, 0.3) is 0 Å². The molecule has 2 aromatic rings. The second-order valence-electron chi connectivity index (χ2n) is 7.59. The van der Waals surface area contributed by atoms with Crippen LogP contribution in [0, 0.1) is 0 Å². The second-order valence-corrected chi connectivity index (χ2v) is 8.03. The number of likely N-dealkylation sites (tertiary alicyclic amines) is 1. The number of hydrogen-bond donors (Lipinski definition) is 0. The molecular formula is C23H25ClN2O3. The summed E-state index contributed by atoms with van der Waals surface area (Å²) in [7, 11) is 0. The van der Waals surface area contributed by atoms with Gasteiger partial charge in [0, 0.05) is 30.6 Å². The number of benzene rings is 2. The maximum absolute atomic E-state index is 13.4. The Morgan fingerprint density at radius 2 is 1.90 bits per heavy atom. The van der Waals surface area contributed by atoms with Crippen LogP contribution in [0.5, 0.6) is 0 Å². The molecule has 2 fully saturated rings. The molecule has 5 nitrogen and oxygen atoms in total. The number of carbonyl (C=O) groups excluding carboxylic acids is 2. The monoisotopic (exact) mass is 412 g/mol. The standard InChI is InChI=1S/C23H25ClN2O3/c1-2-26-20(27)15-29-22(21(26)16-7-4-3-5-8-16)23(28)25-12-11-18(14-25)17-9-6-10-19(24)13-17/h3-10,13,18,21-22H,2,11-12,14-15H2,1H3/t18?,21-,22+/m1/s1. The summed E-state index contributed by atoms with van der Waals surface area (Å²) < 4.78 is 5.82. The van der Waals surface area contributed by atoms with Gasteiger partial charge in [0.2, 0.25) is 5.91 Å². The van der Waals surface area contributed by atoms with Gasteiger partial charge in [0.05, 0.1) is 6.04 Å². The number of likely N-dealkylation sites (N-methyl/N-ethyl adjacent to an activating group) is 1. The molecule has 2 amide bonds. The summed E-state index contributed by atoms with van der Waals surface area (Å²) in [6.45, 7) is 3.74. The lowest BCUT2D eigenvalue weighted by molar-refractivity contribution is -0.168. The zero-order chi connectivity index (χ0) is 20.4. The van der Waals surface area contributed by atoms with Crippen LogP contribution in [-0.4, -0.2) is 54.0 Å². The van der Waals surface area contributed by atoms with Crippen molar-refractivity contribution >= 4 is 23.4 Å². The first-order valence-corrected chi connectivity index (χ1v) is 10.5. The van der Waals surface area contributed by atoms with Gasteiger partial charge in [0.25, 0.3) is 5.91 Å². The van der Waals surface area contributed by atoms with Crippen molar-refractivity contribution in [3.8, 4) is 0 Å². The minimum Gasteiger partial charge on any atom is -0.356 e. The first kappa shape index (κ1) is 19.9. The molecule has 0 saturated carbocycles. The Balaban J connectivity index is 1.56. The van der Waals surface area contributed by atoms with Gasteiger partial charge in [-0.25, -0.2) is 0 Å². The van der Waals surface area contributed by atoms with Crippen LogP contribution in [0.1, 0.15) is 36.4 Å². The Morgan fingerprint density at radius 3 is 2.62 bits per heavy atom. The Morgan fingerprint density at radius 1 is 1.14 bits per heavy atom. The number of carbonyl (C=O) groups is 2. The third-order valence-corrected chi connectivity index (χ3v) is 6.11. The normalized spacial score (nSPS) is 24.8. The van der Waals surface area contributed by atoms with Crippen molar-refractivity contribution in [2.45, 2.75) is 31.4 Å². The summed E-state index contributed by atoms with van der Waals surface area (Å²) >= 11 is 6.14.